The van der Waals surface area contributed by atoms with Crippen LogP contribution in [0.3, 0.4) is 0 Å². The Morgan fingerprint density at radius 3 is 2.63 bits per heavy atom. The maximum atomic E-state index is 12.7. The average Bonchev–Trinajstić information content (AvgIpc) is 2.82. The Hall–Kier alpha value is -1.91. The molecular formula is C14H16F2N2O. The number of benzene rings is 1. The molecule has 0 amide bonds. The van der Waals surface area contributed by atoms with Gasteiger partial charge in [0.05, 0.1) is 12.8 Å². The third kappa shape index (κ3) is 2.92. The van der Waals surface area contributed by atoms with Crippen molar-refractivity contribution in [3.63, 3.8) is 0 Å². The molecule has 0 saturated carbocycles. The molecular weight excluding hydrogens is 250 g/mol. The van der Waals surface area contributed by atoms with Crippen LogP contribution in [0.5, 0.6) is 5.75 Å². The van der Waals surface area contributed by atoms with E-state index in [2.05, 4.69) is 5.10 Å². The molecule has 0 bridgehead atoms. The zero-order valence-electron chi connectivity index (χ0n) is 10.9. The molecule has 2 aromatic rings. The third-order valence-electron chi connectivity index (χ3n) is 3.00. The number of halogens is 2. The standard InChI is InChI=1S/C14H16F2N2O/c1-3-12-11(9-18(17-12)14(15)16)8-10-6-4-5-7-13(10)19-2/h4-7,9,14H,3,8H2,1-2H3. The van der Waals surface area contributed by atoms with Gasteiger partial charge in [-0.1, -0.05) is 25.1 Å². The van der Waals surface area contributed by atoms with Crippen LogP contribution in [0.4, 0.5) is 8.78 Å². The predicted molar refractivity (Wildman–Crippen MR) is 68.7 cm³/mol. The zero-order chi connectivity index (χ0) is 13.8. The second kappa shape index (κ2) is 5.82. The van der Waals surface area contributed by atoms with E-state index in [1.54, 1.807) is 7.11 Å². The maximum absolute atomic E-state index is 12.7. The van der Waals surface area contributed by atoms with Gasteiger partial charge in [0.15, 0.2) is 0 Å². The fourth-order valence-electron chi connectivity index (χ4n) is 2.07. The molecule has 0 unspecified atom stereocenters. The Morgan fingerprint density at radius 2 is 2.00 bits per heavy atom. The summed E-state index contributed by atoms with van der Waals surface area (Å²) in [5, 5.41) is 3.91. The van der Waals surface area contributed by atoms with E-state index < -0.39 is 6.55 Å². The van der Waals surface area contributed by atoms with Gasteiger partial charge in [-0.2, -0.15) is 13.9 Å². The van der Waals surface area contributed by atoms with Crippen molar-refractivity contribution in [3.8, 4) is 5.75 Å². The van der Waals surface area contributed by atoms with Crippen molar-refractivity contribution >= 4 is 0 Å². The Bertz CT molecular complexity index is 552. The minimum atomic E-state index is -2.60. The van der Waals surface area contributed by atoms with Gasteiger partial charge in [-0.05, 0) is 23.6 Å². The van der Waals surface area contributed by atoms with E-state index in [0.717, 1.165) is 16.9 Å². The summed E-state index contributed by atoms with van der Waals surface area (Å²) in [6.45, 7) is -0.694. The highest BCUT2D eigenvalue weighted by Crippen LogP contribution is 2.23. The lowest BCUT2D eigenvalue weighted by Crippen LogP contribution is -1.98. The molecule has 0 radical (unpaired) electrons. The highest BCUT2D eigenvalue weighted by molar-refractivity contribution is 5.38. The number of aryl methyl sites for hydroxylation is 1. The quantitative estimate of drug-likeness (QED) is 0.829. The van der Waals surface area contributed by atoms with Crippen molar-refractivity contribution in [1.29, 1.82) is 0 Å². The van der Waals surface area contributed by atoms with Crippen LogP contribution in [0.1, 0.15) is 30.3 Å². The van der Waals surface area contributed by atoms with Crippen LogP contribution in [0.15, 0.2) is 30.5 Å². The molecule has 0 N–H and O–H groups in total. The van der Waals surface area contributed by atoms with Gasteiger partial charge >= 0.3 is 6.55 Å². The smallest absolute Gasteiger partial charge is 0.333 e. The molecule has 3 nitrogen and oxygen atoms in total. The van der Waals surface area contributed by atoms with Crippen LogP contribution in [0.2, 0.25) is 0 Å². The fraction of sp³-hybridized carbons (Fsp3) is 0.357. The molecule has 0 fully saturated rings. The molecule has 0 aliphatic heterocycles. The number of ether oxygens (including phenoxy) is 1. The first-order valence-corrected chi connectivity index (χ1v) is 6.12. The topological polar surface area (TPSA) is 27.1 Å². The highest BCUT2D eigenvalue weighted by Gasteiger charge is 2.14. The van der Waals surface area contributed by atoms with E-state index in [1.165, 1.54) is 6.20 Å². The van der Waals surface area contributed by atoms with Crippen molar-refractivity contribution in [2.75, 3.05) is 7.11 Å². The monoisotopic (exact) mass is 266 g/mol. The molecule has 102 valence electrons. The first-order chi connectivity index (χ1) is 9.15. The number of aromatic nitrogens is 2. The second-order valence-corrected chi connectivity index (χ2v) is 4.20. The molecule has 0 atom stereocenters. The summed E-state index contributed by atoms with van der Waals surface area (Å²) in [4.78, 5) is 0. The Labute approximate surface area is 110 Å². The summed E-state index contributed by atoms with van der Waals surface area (Å²) in [6.07, 6.45) is 2.58. The van der Waals surface area contributed by atoms with E-state index in [1.807, 2.05) is 31.2 Å². The Kier molecular flexibility index (Phi) is 4.14. The van der Waals surface area contributed by atoms with E-state index in [0.29, 0.717) is 23.2 Å². The van der Waals surface area contributed by atoms with Crippen molar-refractivity contribution < 1.29 is 13.5 Å². The van der Waals surface area contributed by atoms with Crippen LogP contribution in [-0.2, 0) is 12.8 Å². The van der Waals surface area contributed by atoms with Crippen LogP contribution in [0.25, 0.3) is 0 Å². The van der Waals surface area contributed by atoms with E-state index in [9.17, 15) is 8.78 Å². The van der Waals surface area contributed by atoms with Crippen molar-refractivity contribution in [2.45, 2.75) is 26.3 Å². The normalized spacial score (nSPS) is 11.0. The number of methoxy groups -OCH3 is 1. The maximum Gasteiger partial charge on any atom is 0.333 e. The SMILES string of the molecule is CCc1nn(C(F)F)cc1Cc1ccccc1OC. The van der Waals surface area contributed by atoms with Gasteiger partial charge in [0.2, 0.25) is 0 Å². The number of rotatable bonds is 5. The predicted octanol–water partition coefficient (Wildman–Crippen LogP) is 3.44. The van der Waals surface area contributed by atoms with Gasteiger partial charge in [-0.25, -0.2) is 4.68 Å². The van der Waals surface area contributed by atoms with Crippen LogP contribution in [0, 0.1) is 0 Å². The van der Waals surface area contributed by atoms with Gasteiger partial charge in [-0.3, -0.25) is 0 Å². The average molecular weight is 266 g/mol. The number of hydrogen-bond acceptors (Lipinski definition) is 2. The van der Waals surface area contributed by atoms with E-state index >= 15 is 0 Å². The van der Waals surface area contributed by atoms with Gasteiger partial charge in [0, 0.05) is 12.6 Å². The van der Waals surface area contributed by atoms with Gasteiger partial charge in [0.1, 0.15) is 5.75 Å². The molecule has 1 aromatic carbocycles. The van der Waals surface area contributed by atoms with E-state index in [-0.39, 0.29) is 0 Å². The lowest BCUT2D eigenvalue weighted by Gasteiger charge is -2.07. The first kappa shape index (κ1) is 13.5. The van der Waals surface area contributed by atoms with Crippen molar-refractivity contribution in [1.82, 2.24) is 9.78 Å². The van der Waals surface area contributed by atoms with E-state index in [4.69, 9.17) is 4.74 Å². The van der Waals surface area contributed by atoms with Gasteiger partial charge in [0.25, 0.3) is 0 Å². The molecule has 0 saturated heterocycles. The summed E-state index contributed by atoms with van der Waals surface area (Å²) in [7, 11) is 1.60. The first-order valence-electron chi connectivity index (χ1n) is 6.12. The Morgan fingerprint density at radius 1 is 1.26 bits per heavy atom. The van der Waals surface area contributed by atoms with Crippen molar-refractivity contribution in [2.24, 2.45) is 0 Å². The number of alkyl halides is 2. The summed E-state index contributed by atoms with van der Waals surface area (Å²) >= 11 is 0. The second-order valence-electron chi connectivity index (χ2n) is 4.20. The molecule has 1 heterocycles. The fourth-order valence-corrected chi connectivity index (χ4v) is 2.07. The summed E-state index contributed by atoms with van der Waals surface area (Å²) in [5.74, 6) is 0.759. The number of nitrogens with zero attached hydrogens (tertiary/aromatic N) is 2. The molecule has 0 aliphatic rings. The summed E-state index contributed by atoms with van der Waals surface area (Å²) < 4.78 is 31.3. The third-order valence-corrected chi connectivity index (χ3v) is 3.00. The molecule has 0 aliphatic carbocycles. The molecule has 5 heteroatoms. The summed E-state index contributed by atoms with van der Waals surface area (Å²) in [5.41, 5.74) is 2.48. The van der Waals surface area contributed by atoms with Gasteiger partial charge < -0.3 is 4.74 Å². The molecule has 0 spiro atoms. The lowest BCUT2D eigenvalue weighted by atomic mass is 10.0. The zero-order valence-corrected chi connectivity index (χ0v) is 10.9. The minimum Gasteiger partial charge on any atom is -0.496 e. The highest BCUT2D eigenvalue weighted by atomic mass is 19.3. The Balaban J connectivity index is 2.32. The lowest BCUT2D eigenvalue weighted by molar-refractivity contribution is 0.0561. The minimum absolute atomic E-state index is 0.542. The number of hydrogen-bond donors (Lipinski definition) is 0. The van der Waals surface area contributed by atoms with Crippen molar-refractivity contribution in [3.05, 3.63) is 47.3 Å². The van der Waals surface area contributed by atoms with Crippen LogP contribution < -0.4 is 4.74 Å². The summed E-state index contributed by atoms with van der Waals surface area (Å²) in [6, 6.07) is 7.57. The molecule has 19 heavy (non-hydrogen) atoms. The number of para-hydroxylation sites is 1. The van der Waals surface area contributed by atoms with Gasteiger partial charge in [-0.15, -0.1) is 0 Å². The van der Waals surface area contributed by atoms with Crippen LogP contribution in [-0.4, -0.2) is 16.9 Å². The molecule has 2 rings (SSSR count). The van der Waals surface area contributed by atoms with Crippen LogP contribution >= 0.6 is 0 Å². The largest absolute Gasteiger partial charge is 0.496 e. The molecule has 1 aromatic heterocycles.